The monoisotopic (exact) mass is 251 g/mol. The van der Waals surface area contributed by atoms with Crippen molar-refractivity contribution in [3.05, 3.63) is 0 Å². The van der Waals surface area contributed by atoms with E-state index in [2.05, 4.69) is 26.1 Å². The molecule has 0 aromatic carbocycles. The quantitative estimate of drug-likeness (QED) is 0.830. The van der Waals surface area contributed by atoms with Gasteiger partial charge in [0.1, 0.15) is 0 Å². The molecule has 1 aliphatic heterocycles. The standard InChI is InChI=1S/C16H29NO/c1-15(2)12-7-8-16(3,10-12)14(15)17-11-13-6-4-5-9-18-13/h12-14,17H,4-11H2,1-3H3/t12-,13?,14?,16+/m0/s1. The Morgan fingerprint density at radius 2 is 2.00 bits per heavy atom. The van der Waals surface area contributed by atoms with Crippen LogP contribution in [-0.4, -0.2) is 25.3 Å². The molecule has 3 rings (SSSR count). The molecule has 2 heteroatoms. The van der Waals surface area contributed by atoms with Crippen molar-refractivity contribution in [2.45, 2.75) is 71.4 Å². The first-order valence-corrected chi connectivity index (χ1v) is 7.87. The minimum atomic E-state index is 0.470. The zero-order chi connectivity index (χ0) is 12.8. The summed E-state index contributed by atoms with van der Waals surface area (Å²) in [6.07, 6.45) is 8.62. The summed E-state index contributed by atoms with van der Waals surface area (Å²) >= 11 is 0. The zero-order valence-corrected chi connectivity index (χ0v) is 12.3. The van der Waals surface area contributed by atoms with Crippen LogP contribution in [0.3, 0.4) is 0 Å². The molecular weight excluding hydrogens is 222 g/mol. The Bertz CT molecular complexity index is 303. The van der Waals surface area contributed by atoms with Crippen LogP contribution in [-0.2, 0) is 4.74 Å². The number of hydrogen-bond acceptors (Lipinski definition) is 2. The first-order chi connectivity index (χ1) is 8.52. The fraction of sp³-hybridized carbons (Fsp3) is 1.00. The number of ether oxygens (including phenoxy) is 1. The second-order valence-electron chi connectivity index (χ2n) is 7.74. The highest BCUT2D eigenvalue weighted by atomic mass is 16.5. The molecule has 0 radical (unpaired) electrons. The summed E-state index contributed by atoms with van der Waals surface area (Å²) < 4.78 is 5.86. The van der Waals surface area contributed by atoms with E-state index >= 15 is 0 Å². The van der Waals surface area contributed by atoms with Gasteiger partial charge in [0.15, 0.2) is 0 Å². The number of fused-ring (bicyclic) bond motifs is 2. The lowest BCUT2D eigenvalue weighted by Crippen LogP contribution is -2.52. The Morgan fingerprint density at radius 3 is 2.61 bits per heavy atom. The van der Waals surface area contributed by atoms with E-state index in [-0.39, 0.29) is 0 Å². The van der Waals surface area contributed by atoms with Gasteiger partial charge in [0.2, 0.25) is 0 Å². The molecule has 1 heterocycles. The van der Waals surface area contributed by atoms with Crippen molar-refractivity contribution in [2.24, 2.45) is 16.7 Å². The van der Waals surface area contributed by atoms with E-state index in [4.69, 9.17) is 4.74 Å². The predicted molar refractivity (Wildman–Crippen MR) is 74.6 cm³/mol. The highest BCUT2D eigenvalue weighted by Crippen LogP contribution is 2.62. The molecule has 1 N–H and O–H groups in total. The first-order valence-electron chi connectivity index (χ1n) is 7.87. The third kappa shape index (κ3) is 2.02. The Balaban J connectivity index is 1.61. The second kappa shape index (κ2) is 4.49. The van der Waals surface area contributed by atoms with Crippen LogP contribution >= 0.6 is 0 Å². The van der Waals surface area contributed by atoms with Gasteiger partial charge in [0.25, 0.3) is 0 Å². The van der Waals surface area contributed by atoms with E-state index in [9.17, 15) is 0 Å². The molecule has 3 fully saturated rings. The molecule has 1 saturated heterocycles. The van der Waals surface area contributed by atoms with Gasteiger partial charge in [-0.15, -0.1) is 0 Å². The molecule has 0 spiro atoms. The van der Waals surface area contributed by atoms with E-state index in [0.29, 0.717) is 23.0 Å². The van der Waals surface area contributed by atoms with Crippen LogP contribution in [0.25, 0.3) is 0 Å². The molecule has 2 bridgehead atoms. The van der Waals surface area contributed by atoms with Gasteiger partial charge in [0, 0.05) is 19.2 Å². The van der Waals surface area contributed by atoms with Gasteiger partial charge < -0.3 is 10.1 Å². The molecular formula is C16H29NO. The average Bonchev–Trinajstić information content (AvgIpc) is 2.81. The second-order valence-corrected chi connectivity index (χ2v) is 7.74. The van der Waals surface area contributed by atoms with Gasteiger partial charge in [-0.25, -0.2) is 0 Å². The summed E-state index contributed by atoms with van der Waals surface area (Å²) in [5.41, 5.74) is 1.02. The molecule has 0 amide bonds. The van der Waals surface area contributed by atoms with E-state index in [0.717, 1.165) is 19.1 Å². The summed E-state index contributed by atoms with van der Waals surface area (Å²) in [5.74, 6) is 0.937. The van der Waals surface area contributed by atoms with Crippen molar-refractivity contribution in [1.82, 2.24) is 5.32 Å². The molecule has 18 heavy (non-hydrogen) atoms. The molecule has 2 nitrogen and oxygen atoms in total. The van der Waals surface area contributed by atoms with E-state index in [1.54, 1.807) is 0 Å². The zero-order valence-electron chi connectivity index (χ0n) is 12.3. The van der Waals surface area contributed by atoms with Crippen LogP contribution in [0.15, 0.2) is 0 Å². The molecule has 2 aliphatic carbocycles. The van der Waals surface area contributed by atoms with Crippen molar-refractivity contribution >= 4 is 0 Å². The van der Waals surface area contributed by atoms with E-state index < -0.39 is 0 Å². The van der Waals surface area contributed by atoms with Crippen LogP contribution in [0, 0.1) is 16.7 Å². The van der Waals surface area contributed by atoms with Gasteiger partial charge in [-0.05, 0) is 55.3 Å². The summed E-state index contributed by atoms with van der Waals surface area (Å²) in [4.78, 5) is 0. The average molecular weight is 251 g/mol. The third-order valence-corrected chi connectivity index (χ3v) is 6.09. The molecule has 0 aromatic rings. The molecule has 0 aromatic heterocycles. The Labute approximate surface area is 112 Å². The van der Waals surface area contributed by atoms with Crippen molar-refractivity contribution in [3.63, 3.8) is 0 Å². The van der Waals surface area contributed by atoms with Crippen LogP contribution in [0.4, 0.5) is 0 Å². The van der Waals surface area contributed by atoms with Crippen molar-refractivity contribution < 1.29 is 4.74 Å². The number of rotatable bonds is 3. The fourth-order valence-electron chi connectivity index (χ4n) is 5.03. The maximum atomic E-state index is 5.86. The SMILES string of the molecule is CC1(C)C(NCC2CCCCO2)[C@]2(C)CC[C@H]1C2. The van der Waals surface area contributed by atoms with Crippen molar-refractivity contribution in [3.8, 4) is 0 Å². The summed E-state index contributed by atoms with van der Waals surface area (Å²) in [7, 11) is 0. The van der Waals surface area contributed by atoms with Gasteiger partial charge in [-0.1, -0.05) is 20.8 Å². The van der Waals surface area contributed by atoms with E-state index in [1.807, 2.05) is 0 Å². The Morgan fingerprint density at radius 1 is 1.17 bits per heavy atom. The third-order valence-electron chi connectivity index (χ3n) is 6.09. The lowest BCUT2D eigenvalue weighted by atomic mass is 9.68. The molecule has 104 valence electrons. The first kappa shape index (κ1) is 12.9. The normalized spacial score (nSPS) is 46.5. The number of hydrogen-bond donors (Lipinski definition) is 1. The minimum Gasteiger partial charge on any atom is -0.377 e. The Kier molecular flexibility index (Phi) is 3.22. The maximum absolute atomic E-state index is 5.86. The molecule has 4 atom stereocenters. The Hall–Kier alpha value is -0.0800. The summed E-state index contributed by atoms with van der Waals surface area (Å²) in [5, 5.41) is 3.89. The molecule has 3 aliphatic rings. The van der Waals surface area contributed by atoms with Gasteiger partial charge >= 0.3 is 0 Å². The fourth-order valence-corrected chi connectivity index (χ4v) is 5.03. The van der Waals surface area contributed by atoms with E-state index in [1.165, 1.54) is 38.5 Å². The van der Waals surface area contributed by atoms with Crippen LogP contribution in [0.5, 0.6) is 0 Å². The number of nitrogens with one attached hydrogen (secondary N) is 1. The highest BCUT2D eigenvalue weighted by Gasteiger charge is 2.58. The largest absolute Gasteiger partial charge is 0.377 e. The minimum absolute atomic E-state index is 0.470. The highest BCUT2D eigenvalue weighted by molar-refractivity contribution is 5.12. The summed E-state index contributed by atoms with van der Waals surface area (Å²) in [6.45, 7) is 9.49. The molecule has 2 saturated carbocycles. The van der Waals surface area contributed by atoms with Crippen molar-refractivity contribution in [2.75, 3.05) is 13.2 Å². The van der Waals surface area contributed by atoms with Gasteiger partial charge in [-0.3, -0.25) is 0 Å². The van der Waals surface area contributed by atoms with Gasteiger partial charge in [0.05, 0.1) is 6.10 Å². The summed E-state index contributed by atoms with van der Waals surface area (Å²) in [6, 6.07) is 0.689. The van der Waals surface area contributed by atoms with Crippen LogP contribution < -0.4 is 5.32 Å². The van der Waals surface area contributed by atoms with Crippen LogP contribution in [0.2, 0.25) is 0 Å². The topological polar surface area (TPSA) is 21.3 Å². The lowest BCUT2D eigenvalue weighted by Gasteiger charge is -2.44. The van der Waals surface area contributed by atoms with Crippen LogP contribution in [0.1, 0.15) is 59.3 Å². The predicted octanol–water partition coefficient (Wildman–Crippen LogP) is 3.36. The lowest BCUT2D eigenvalue weighted by molar-refractivity contribution is 0.00593. The van der Waals surface area contributed by atoms with Crippen molar-refractivity contribution in [1.29, 1.82) is 0 Å². The molecule has 2 unspecified atom stereocenters. The smallest absolute Gasteiger partial charge is 0.0699 e. The van der Waals surface area contributed by atoms with Gasteiger partial charge in [-0.2, -0.15) is 0 Å². The maximum Gasteiger partial charge on any atom is 0.0699 e.